The van der Waals surface area contributed by atoms with Gasteiger partial charge in [-0.2, -0.15) is 0 Å². The van der Waals surface area contributed by atoms with Crippen LogP contribution in [0.3, 0.4) is 0 Å². The Labute approximate surface area is 144 Å². The van der Waals surface area contributed by atoms with Crippen LogP contribution in [0.5, 0.6) is 0 Å². The van der Waals surface area contributed by atoms with Crippen molar-refractivity contribution in [3.63, 3.8) is 0 Å². The Morgan fingerprint density at radius 1 is 0.826 bits per heavy atom. The summed E-state index contributed by atoms with van der Waals surface area (Å²) in [5, 5.41) is 0. The Kier molecular flexibility index (Phi) is 6.18. The number of aromatic nitrogens is 2. The van der Waals surface area contributed by atoms with E-state index in [4.69, 9.17) is 0 Å². The summed E-state index contributed by atoms with van der Waals surface area (Å²) >= 11 is 3.23. The highest BCUT2D eigenvalue weighted by molar-refractivity contribution is 9.10. The van der Waals surface area contributed by atoms with Crippen molar-refractivity contribution in [3.05, 3.63) is 82.2 Å². The van der Waals surface area contributed by atoms with Crippen LogP contribution >= 0.6 is 15.9 Å². The van der Waals surface area contributed by atoms with Crippen molar-refractivity contribution >= 4 is 22.2 Å². The van der Waals surface area contributed by atoms with Gasteiger partial charge in [0.25, 0.3) is 0 Å². The van der Waals surface area contributed by atoms with Gasteiger partial charge >= 0.3 is 0 Å². The molecule has 0 aliphatic carbocycles. The molecule has 116 valence electrons. The van der Waals surface area contributed by atoms with Crippen LogP contribution in [0.25, 0.3) is 11.3 Å². The van der Waals surface area contributed by atoms with Crippen LogP contribution in [0.2, 0.25) is 0 Å². The van der Waals surface area contributed by atoms with Gasteiger partial charge in [0.15, 0.2) is 0 Å². The average molecular weight is 369 g/mol. The molecule has 3 nitrogen and oxygen atoms in total. The summed E-state index contributed by atoms with van der Waals surface area (Å²) in [6, 6.07) is 15.3. The zero-order valence-corrected chi connectivity index (χ0v) is 14.6. The number of rotatable bonds is 2. The molecule has 3 aromatic rings. The predicted octanol–water partition coefficient (Wildman–Crippen LogP) is 5.02. The lowest BCUT2D eigenvalue weighted by atomic mass is 10.1. The summed E-state index contributed by atoms with van der Waals surface area (Å²) in [5.41, 5.74) is 4.97. The summed E-state index contributed by atoms with van der Waals surface area (Å²) in [6.07, 6.45) is 4.50. The van der Waals surface area contributed by atoms with Crippen LogP contribution in [0.4, 0.5) is 0 Å². The first-order valence-electron chi connectivity index (χ1n) is 7.15. The van der Waals surface area contributed by atoms with E-state index >= 15 is 0 Å². The second kappa shape index (κ2) is 8.34. The molecule has 0 bridgehead atoms. The molecule has 23 heavy (non-hydrogen) atoms. The number of nitrogens with zero attached hydrogens (tertiary/aromatic N) is 2. The molecule has 0 spiro atoms. The maximum absolute atomic E-state index is 10.5. The number of carbonyl (C=O) groups is 1. The van der Waals surface area contributed by atoms with E-state index in [1.807, 2.05) is 62.6 Å². The highest BCUT2D eigenvalue weighted by Crippen LogP contribution is 2.16. The Hall–Kier alpha value is -2.33. The van der Waals surface area contributed by atoms with E-state index in [9.17, 15) is 4.79 Å². The Bertz CT molecular complexity index is 730. The van der Waals surface area contributed by atoms with Crippen molar-refractivity contribution in [2.75, 3.05) is 0 Å². The minimum atomic E-state index is 0.686. The van der Waals surface area contributed by atoms with Crippen molar-refractivity contribution in [1.82, 2.24) is 9.97 Å². The standard InChI is InChI=1S/C13H11NO.C6H6BrN/c1-10-2-7-13(14-8-10)12-5-3-11(9-15)4-6-12;1-5-2-3-6(7)8-4-5/h2-9H,1H3;2-4H,1H3. The van der Waals surface area contributed by atoms with E-state index in [0.29, 0.717) is 5.56 Å². The molecule has 2 heterocycles. The van der Waals surface area contributed by atoms with Crippen LogP contribution in [0, 0.1) is 13.8 Å². The molecule has 0 unspecified atom stereocenters. The topological polar surface area (TPSA) is 42.9 Å². The molecule has 3 rings (SSSR count). The largest absolute Gasteiger partial charge is 0.298 e. The second-order valence-corrected chi connectivity index (χ2v) is 5.93. The number of aldehydes is 1. The van der Waals surface area contributed by atoms with Gasteiger partial charge in [-0.25, -0.2) is 4.98 Å². The molecule has 0 radical (unpaired) electrons. The fourth-order valence-electron chi connectivity index (χ4n) is 1.82. The Morgan fingerprint density at radius 3 is 1.87 bits per heavy atom. The summed E-state index contributed by atoms with van der Waals surface area (Å²) < 4.78 is 0.892. The third-order valence-electron chi connectivity index (χ3n) is 3.13. The SMILES string of the molecule is Cc1ccc(-c2ccc(C=O)cc2)nc1.Cc1ccc(Br)nc1. The highest BCUT2D eigenvalue weighted by atomic mass is 79.9. The monoisotopic (exact) mass is 368 g/mol. The smallest absolute Gasteiger partial charge is 0.150 e. The molecule has 0 aliphatic rings. The van der Waals surface area contributed by atoms with Gasteiger partial charge in [-0.1, -0.05) is 36.4 Å². The van der Waals surface area contributed by atoms with Gasteiger partial charge in [0, 0.05) is 23.5 Å². The lowest BCUT2D eigenvalue weighted by Gasteiger charge is -2.01. The number of benzene rings is 1. The quantitative estimate of drug-likeness (QED) is 0.470. The van der Waals surface area contributed by atoms with E-state index in [0.717, 1.165) is 27.7 Å². The van der Waals surface area contributed by atoms with Crippen LogP contribution in [0.1, 0.15) is 21.5 Å². The number of hydrogen-bond donors (Lipinski definition) is 0. The van der Waals surface area contributed by atoms with Gasteiger partial charge in [0.2, 0.25) is 0 Å². The molecular formula is C19H17BrN2O. The second-order valence-electron chi connectivity index (χ2n) is 5.12. The van der Waals surface area contributed by atoms with Gasteiger partial charge in [-0.05, 0) is 53.0 Å². The number of carbonyl (C=O) groups excluding carboxylic acids is 1. The van der Waals surface area contributed by atoms with E-state index in [-0.39, 0.29) is 0 Å². The average Bonchev–Trinajstić information content (AvgIpc) is 2.59. The lowest BCUT2D eigenvalue weighted by Crippen LogP contribution is -1.85. The van der Waals surface area contributed by atoms with Crippen LogP contribution < -0.4 is 0 Å². The maximum atomic E-state index is 10.5. The van der Waals surface area contributed by atoms with Crippen molar-refractivity contribution < 1.29 is 4.79 Å². The molecule has 0 amide bonds. The van der Waals surface area contributed by atoms with Crippen molar-refractivity contribution in [1.29, 1.82) is 0 Å². The zero-order chi connectivity index (χ0) is 16.7. The molecular weight excluding hydrogens is 352 g/mol. The first-order valence-corrected chi connectivity index (χ1v) is 7.94. The zero-order valence-electron chi connectivity index (χ0n) is 13.0. The number of hydrogen-bond acceptors (Lipinski definition) is 3. The molecule has 2 aromatic heterocycles. The first-order chi connectivity index (χ1) is 11.1. The fraction of sp³-hybridized carbons (Fsp3) is 0.105. The molecule has 0 N–H and O–H groups in total. The lowest BCUT2D eigenvalue weighted by molar-refractivity contribution is 0.112. The molecule has 0 atom stereocenters. The van der Waals surface area contributed by atoms with E-state index in [1.54, 1.807) is 12.1 Å². The number of halogens is 1. The third kappa shape index (κ3) is 5.42. The van der Waals surface area contributed by atoms with Crippen LogP contribution in [0.15, 0.2) is 65.5 Å². The maximum Gasteiger partial charge on any atom is 0.150 e. The summed E-state index contributed by atoms with van der Waals surface area (Å²) in [7, 11) is 0. The Morgan fingerprint density at radius 2 is 1.43 bits per heavy atom. The minimum absolute atomic E-state index is 0.686. The molecule has 0 saturated heterocycles. The van der Waals surface area contributed by atoms with Gasteiger partial charge in [-0.3, -0.25) is 9.78 Å². The van der Waals surface area contributed by atoms with Gasteiger partial charge in [0.1, 0.15) is 10.9 Å². The van der Waals surface area contributed by atoms with Crippen LogP contribution in [-0.4, -0.2) is 16.3 Å². The summed E-state index contributed by atoms with van der Waals surface area (Å²) in [6.45, 7) is 4.02. The van der Waals surface area contributed by atoms with E-state index < -0.39 is 0 Å². The molecule has 0 saturated carbocycles. The third-order valence-corrected chi connectivity index (χ3v) is 3.60. The van der Waals surface area contributed by atoms with Crippen molar-refractivity contribution in [2.45, 2.75) is 13.8 Å². The molecule has 4 heteroatoms. The van der Waals surface area contributed by atoms with Gasteiger partial charge in [0.05, 0.1) is 5.69 Å². The van der Waals surface area contributed by atoms with Crippen LogP contribution in [-0.2, 0) is 0 Å². The first kappa shape index (κ1) is 17.0. The molecule has 0 aliphatic heterocycles. The Balaban J connectivity index is 0.000000203. The fourth-order valence-corrected chi connectivity index (χ4v) is 2.06. The minimum Gasteiger partial charge on any atom is -0.298 e. The number of pyridine rings is 2. The summed E-state index contributed by atoms with van der Waals surface area (Å²) in [4.78, 5) is 18.8. The normalized spacial score (nSPS) is 9.70. The van der Waals surface area contributed by atoms with E-state index in [2.05, 4.69) is 25.9 Å². The highest BCUT2D eigenvalue weighted by Gasteiger charge is 1.98. The molecule has 1 aromatic carbocycles. The van der Waals surface area contributed by atoms with Crippen molar-refractivity contribution in [3.8, 4) is 11.3 Å². The summed E-state index contributed by atoms with van der Waals surface area (Å²) in [5.74, 6) is 0. The molecule has 0 fully saturated rings. The number of aryl methyl sites for hydroxylation is 2. The predicted molar refractivity (Wildman–Crippen MR) is 96.5 cm³/mol. The van der Waals surface area contributed by atoms with Gasteiger partial charge in [-0.15, -0.1) is 0 Å². The van der Waals surface area contributed by atoms with Crippen molar-refractivity contribution in [2.24, 2.45) is 0 Å². The van der Waals surface area contributed by atoms with E-state index in [1.165, 1.54) is 5.56 Å². The van der Waals surface area contributed by atoms with Gasteiger partial charge < -0.3 is 0 Å².